The number of ether oxygens (including phenoxy) is 2. The van der Waals surface area contributed by atoms with Gasteiger partial charge in [0.2, 0.25) is 5.89 Å². The zero-order valence-corrected chi connectivity index (χ0v) is 23.6. The van der Waals surface area contributed by atoms with Crippen LogP contribution in [0.25, 0.3) is 21.0 Å². The highest BCUT2D eigenvalue weighted by molar-refractivity contribution is 7.22. The number of hydrogen-bond donors (Lipinski definition) is 1. The first-order valence-corrected chi connectivity index (χ1v) is 13.3. The number of carboxylic acids is 1. The Kier molecular flexibility index (Phi) is 8.46. The molecule has 3 heterocycles. The van der Waals surface area contributed by atoms with Gasteiger partial charge in [0.05, 0.1) is 29.1 Å². The normalized spacial score (nSPS) is 13.7. The number of carbonyl (C=O) groups excluding carboxylic acids is 1. The Morgan fingerprint density at radius 1 is 1.17 bits per heavy atom. The minimum Gasteiger partial charge on any atom is -0.480 e. The number of alkyl halides is 3. The van der Waals surface area contributed by atoms with Gasteiger partial charge in [0, 0.05) is 0 Å². The van der Waals surface area contributed by atoms with Crippen molar-refractivity contribution >= 4 is 33.5 Å². The maximum atomic E-state index is 13.9. The van der Waals surface area contributed by atoms with Crippen LogP contribution in [0.1, 0.15) is 38.0 Å². The van der Waals surface area contributed by atoms with Gasteiger partial charge >= 0.3 is 23.8 Å². The fourth-order valence-electron chi connectivity index (χ4n) is 4.29. The van der Waals surface area contributed by atoms with Crippen LogP contribution in [0.15, 0.2) is 56.8 Å². The molecule has 0 spiro atoms. The molecule has 3 aromatic heterocycles. The maximum absolute atomic E-state index is 13.9. The lowest BCUT2D eigenvalue weighted by Gasteiger charge is -2.26. The van der Waals surface area contributed by atoms with Gasteiger partial charge in [-0.3, -0.25) is 9.36 Å². The number of aliphatic carboxylic acids is 1. The van der Waals surface area contributed by atoms with Gasteiger partial charge in [0.1, 0.15) is 29.3 Å². The van der Waals surface area contributed by atoms with Crippen LogP contribution in [-0.4, -0.2) is 50.1 Å². The van der Waals surface area contributed by atoms with E-state index in [0.29, 0.717) is 20.6 Å². The van der Waals surface area contributed by atoms with Crippen molar-refractivity contribution in [1.82, 2.24) is 14.1 Å². The molecular formula is C27H26F3N3O8S. The van der Waals surface area contributed by atoms with E-state index in [0.717, 1.165) is 11.3 Å². The van der Waals surface area contributed by atoms with E-state index in [1.165, 1.54) is 37.8 Å². The van der Waals surface area contributed by atoms with Crippen molar-refractivity contribution in [3.8, 4) is 10.8 Å². The molecular weight excluding hydrogens is 583 g/mol. The first-order valence-electron chi connectivity index (χ1n) is 12.5. The molecule has 0 amide bonds. The number of nitrogens with zero attached hydrogens (tertiary/aromatic N) is 3. The van der Waals surface area contributed by atoms with Crippen LogP contribution in [0.3, 0.4) is 0 Å². The number of aryl methyl sites for hydroxylation is 1. The molecule has 15 heteroatoms. The molecule has 4 aromatic rings. The van der Waals surface area contributed by atoms with Crippen LogP contribution in [0.2, 0.25) is 0 Å². The van der Waals surface area contributed by atoms with Gasteiger partial charge in [-0.25, -0.2) is 23.9 Å². The summed E-state index contributed by atoms with van der Waals surface area (Å²) in [5.74, 6) is -3.61. The Morgan fingerprint density at radius 2 is 1.83 bits per heavy atom. The lowest BCUT2D eigenvalue weighted by atomic mass is 10.1. The second kappa shape index (κ2) is 11.6. The van der Waals surface area contributed by atoms with Crippen LogP contribution < -0.4 is 11.2 Å². The summed E-state index contributed by atoms with van der Waals surface area (Å²) in [6, 6.07) is 8.42. The highest BCUT2D eigenvalue weighted by Gasteiger charge is 2.41. The third-order valence-electron chi connectivity index (χ3n) is 6.52. The minimum atomic E-state index is -5.18. The smallest absolute Gasteiger partial charge is 0.480 e. The van der Waals surface area contributed by atoms with Crippen LogP contribution in [-0.2, 0) is 31.1 Å². The molecule has 224 valence electrons. The third kappa shape index (κ3) is 5.87. The van der Waals surface area contributed by atoms with Crippen molar-refractivity contribution in [1.29, 1.82) is 0 Å². The summed E-state index contributed by atoms with van der Waals surface area (Å²) < 4.78 is 55.5. The molecule has 42 heavy (non-hydrogen) atoms. The Labute approximate surface area is 239 Å². The number of oxazole rings is 1. The monoisotopic (exact) mass is 609 g/mol. The summed E-state index contributed by atoms with van der Waals surface area (Å²) in [4.78, 5) is 55.7. The van der Waals surface area contributed by atoms with Gasteiger partial charge in [0.25, 0.3) is 5.56 Å². The van der Waals surface area contributed by atoms with Crippen LogP contribution in [0.5, 0.6) is 0 Å². The largest absolute Gasteiger partial charge is 0.490 e. The van der Waals surface area contributed by atoms with Crippen molar-refractivity contribution in [2.24, 2.45) is 0 Å². The first kappa shape index (κ1) is 30.7. The maximum Gasteiger partial charge on any atom is 0.490 e. The predicted octanol–water partition coefficient (Wildman–Crippen LogP) is 4.26. The topological polar surface area (TPSA) is 143 Å². The van der Waals surface area contributed by atoms with E-state index in [1.54, 1.807) is 37.3 Å². The molecule has 2 atom stereocenters. The van der Waals surface area contributed by atoms with Crippen molar-refractivity contribution in [2.75, 3.05) is 6.61 Å². The predicted molar refractivity (Wildman–Crippen MR) is 144 cm³/mol. The van der Waals surface area contributed by atoms with E-state index in [4.69, 9.17) is 9.15 Å². The second-order valence-electron chi connectivity index (χ2n) is 9.91. The molecule has 0 aliphatic carbocycles. The van der Waals surface area contributed by atoms with E-state index >= 15 is 0 Å². The summed E-state index contributed by atoms with van der Waals surface area (Å²) in [5.41, 5.74) is -2.79. The standard InChI is InChI=1S/C27H26F3N3O8S/c1-14(13-40-24(37)27(28,29)30)41-17(16-8-6-5-7-9-16)12-32-22-18(15(2)19(42-22)20-31-10-11-39-20)21(34)33(25(32)38)26(3,4)23(35)36/h5-11,14,17H,12-13H2,1-4H3,(H,35,36)/t14-,17+/m1/s1. The number of fused-ring (bicyclic) bond motifs is 1. The zero-order chi connectivity index (χ0) is 31.0. The molecule has 0 saturated heterocycles. The molecule has 0 fully saturated rings. The van der Waals surface area contributed by atoms with Gasteiger partial charge < -0.3 is 19.0 Å². The Balaban J connectivity index is 1.87. The molecule has 0 unspecified atom stereocenters. The van der Waals surface area contributed by atoms with Gasteiger partial charge in [-0.1, -0.05) is 30.3 Å². The number of hydrogen-bond acceptors (Lipinski definition) is 9. The Bertz CT molecular complexity index is 1720. The number of halogens is 3. The number of carbonyl (C=O) groups is 2. The molecule has 0 aliphatic rings. The molecule has 0 saturated carbocycles. The lowest BCUT2D eigenvalue weighted by molar-refractivity contribution is -0.203. The van der Waals surface area contributed by atoms with E-state index in [9.17, 15) is 37.5 Å². The second-order valence-corrected chi connectivity index (χ2v) is 10.9. The van der Waals surface area contributed by atoms with Gasteiger partial charge in [-0.05, 0) is 38.8 Å². The average Bonchev–Trinajstić information content (AvgIpc) is 3.57. The summed E-state index contributed by atoms with van der Waals surface area (Å²) in [6.45, 7) is 4.43. The number of rotatable bonds is 10. The number of thiophene rings is 1. The molecule has 1 N–H and O–H groups in total. The third-order valence-corrected chi connectivity index (χ3v) is 7.82. The SMILES string of the molecule is Cc1c(-c2ncco2)sc2c1c(=O)n(C(C)(C)C(=O)O)c(=O)n2C[C@H](O[C@H](C)COC(=O)C(F)(F)F)c1ccccc1. The number of esters is 1. The van der Waals surface area contributed by atoms with Gasteiger partial charge in [-0.2, -0.15) is 13.2 Å². The summed E-state index contributed by atoms with van der Waals surface area (Å²) in [7, 11) is 0. The Hall–Kier alpha value is -4.24. The quantitative estimate of drug-likeness (QED) is 0.261. The molecule has 4 rings (SSSR count). The average molecular weight is 610 g/mol. The molecule has 0 bridgehead atoms. The van der Waals surface area contributed by atoms with Crippen LogP contribution >= 0.6 is 11.3 Å². The van der Waals surface area contributed by atoms with Gasteiger partial charge in [-0.15, -0.1) is 11.3 Å². The van der Waals surface area contributed by atoms with Crippen molar-refractivity contribution in [3.63, 3.8) is 0 Å². The van der Waals surface area contributed by atoms with Crippen molar-refractivity contribution in [3.05, 3.63) is 74.8 Å². The molecule has 0 radical (unpaired) electrons. The van der Waals surface area contributed by atoms with Crippen LogP contribution in [0.4, 0.5) is 13.2 Å². The van der Waals surface area contributed by atoms with E-state index < -0.39 is 53.7 Å². The lowest BCUT2D eigenvalue weighted by Crippen LogP contribution is -2.52. The highest BCUT2D eigenvalue weighted by Crippen LogP contribution is 2.36. The molecule has 11 nitrogen and oxygen atoms in total. The van der Waals surface area contributed by atoms with Crippen LogP contribution in [0, 0.1) is 6.92 Å². The highest BCUT2D eigenvalue weighted by atomic mass is 32.1. The number of aromatic nitrogens is 3. The van der Waals surface area contributed by atoms with E-state index in [1.807, 2.05) is 0 Å². The minimum absolute atomic E-state index is 0.0705. The van der Waals surface area contributed by atoms with E-state index in [-0.39, 0.29) is 22.7 Å². The zero-order valence-electron chi connectivity index (χ0n) is 22.8. The first-order chi connectivity index (χ1) is 19.6. The fraction of sp³-hybridized carbons (Fsp3) is 0.370. The van der Waals surface area contributed by atoms with Crippen molar-refractivity contribution < 1.29 is 41.8 Å². The van der Waals surface area contributed by atoms with E-state index in [2.05, 4.69) is 9.72 Å². The molecule has 1 aromatic carbocycles. The molecule has 0 aliphatic heterocycles. The summed E-state index contributed by atoms with van der Waals surface area (Å²) in [5, 5.41) is 9.97. The number of benzene rings is 1. The fourth-order valence-corrected chi connectivity index (χ4v) is 5.53. The Morgan fingerprint density at radius 3 is 2.40 bits per heavy atom. The van der Waals surface area contributed by atoms with Gasteiger partial charge in [0.15, 0.2) is 0 Å². The summed E-state index contributed by atoms with van der Waals surface area (Å²) in [6.07, 6.45) is -4.49. The van der Waals surface area contributed by atoms with Crippen molar-refractivity contribution in [2.45, 2.75) is 58.2 Å². The summed E-state index contributed by atoms with van der Waals surface area (Å²) >= 11 is 1.03. The number of carboxylic acid groups (broad SMARTS) is 1.